The molecule has 51 heavy (non-hydrogen) atoms. The number of benzene rings is 2. The van der Waals surface area contributed by atoms with Crippen LogP contribution in [0.2, 0.25) is 0 Å². The zero-order chi connectivity index (χ0) is 36.1. The lowest BCUT2D eigenvalue weighted by atomic mass is 9.90. The molecule has 3 aromatic heterocycles. The molecular weight excluding hydrogens is 675 g/mol. The average molecular weight is 710 g/mol. The Kier molecular flexibility index (Phi) is 10.6. The number of hydrogen-bond donors (Lipinski definition) is 4. The van der Waals surface area contributed by atoms with E-state index in [-0.39, 0.29) is 27.8 Å². The zero-order valence-corrected chi connectivity index (χ0v) is 28.5. The second-order valence-corrected chi connectivity index (χ2v) is 13.5. The molecule has 2 aromatic carbocycles. The van der Waals surface area contributed by atoms with Crippen molar-refractivity contribution in [2.75, 3.05) is 10.2 Å². The Morgan fingerprint density at radius 1 is 1.04 bits per heavy atom. The van der Waals surface area contributed by atoms with Gasteiger partial charge in [0.1, 0.15) is 11.9 Å². The number of H-pyrrole nitrogens is 2. The number of fused-ring (bicyclic) bond motifs is 1. The zero-order valence-electron chi connectivity index (χ0n) is 27.6. The number of imidazole rings is 1. The molecule has 0 aliphatic heterocycles. The number of aromatic nitrogens is 4. The third kappa shape index (κ3) is 7.99. The minimum absolute atomic E-state index is 0.139. The number of nitrogens with one attached hydrogen (secondary N) is 4. The van der Waals surface area contributed by atoms with Crippen LogP contribution in [0.1, 0.15) is 72.0 Å². The maximum atomic E-state index is 14.7. The number of amides is 2. The monoisotopic (exact) mass is 709 g/mol. The number of carboxylic acid groups (broad SMARTS) is 2. The first-order valence-corrected chi connectivity index (χ1v) is 17.4. The largest absolute Gasteiger partial charge is 0.550 e. The van der Waals surface area contributed by atoms with Gasteiger partial charge in [-0.3, -0.25) is 14.4 Å². The van der Waals surface area contributed by atoms with Crippen molar-refractivity contribution in [2.45, 2.75) is 70.0 Å². The van der Waals surface area contributed by atoms with Crippen LogP contribution < -0.4 is 31.3 Å². The molecule has 0 unspecified atom stereocenters. The summed E-state index contributed by atoms with van der Waals surface area (Å²) in [7, 11) is 0. The summed E-state index contributed by atoms with van der Waals surface area (Å²) in [6, 6.07) is 13.1. The van der Waals surface area contributed by atoms with Crippen LogP contribution in [-0.2, 0) is 14.4 Å². The van der Waals surface area contributed by atoms with Crippen LogP contribution in [0.5, 0.6) is 0 Å². The Hall–Kier alpha value is -5.83. The summed E-state index contributed by atoms with van der Waals surface area (Å²) in [5.74, 6) is -3.75. The van der Waals surface area contributed by atoms with E-state index in [0.29, 0.717) is 38.9 Å². The van der Waals surface area contributed by atoms with Gasteiger partial charge in [0.25, 0.3) is 17.4 Å². The Morgan fingerprint density at radius 3 is 2.49 bits per heavy atom. The normalized spacial score (nSPS) is 14.5. The number of carbonyl (C=O) groups excluding carboxylic acids is 4. The van der Waals surface area contributed by atoms with Crippen LogP contribution in [-0.4, -0.2) is 55.8 Å². The molecule has 0 bridgehead atoms. The number of thiophene rings is 1. The van der Waals surface area contributed by atoms with E-state index in [2.05, 4.69) is 30.6 Å². The smallest absolute Gasteiger partial charge is 0.261 e. The van der Waals surface area contributed by atoms with Crippen LogP contribution in [0.3, 0.4) is 0 Å². The number of carboxylic acids is 2. The minimum Gasteiger partial charge on any atom is -0.550 e. The second kappa shape index (κ2) is 15.4. The SMILES string of the molecule is Cc1nc2c(-c3cnc[nH]3)cc([C@@H](C(=O)Nc3ccccc3)N(c3ccc(C(=O)N[C@@H](CCC(=O)[O-])C(=O)[O-])s3)C3CCCCC3)cc2c(=O)[nH]1. The molecule has 2 atom stereocenters. The van der Waals surface area contributed by atoms with E-state index in [9.17, 15) is 34.2 Å². The van der Waals surface area contributed by atoms with Crippen LogP contribution in [0, 0.1) is 6.92 Å². The van der Waals surface area contributed by atoms with E-state index in [0.717, 1.165) is 43.4 Å². The van der Waals surface area contributed by atoms with Crippen LogP contribution in [0.25, 0.3) is 22.2 Å². The number of aliphatic carboxylic acids is 2. The molecule has 1 aliphatic carbocycles. The third-order valence-corrected chi connectivity index (χ3v) is 9.99. The molecule has 1 saturated carbocycles. The lowest BCUT2D eigenvalue weighted by Crippen LogP contribution is -2.48. The molecule has 0 radical (unpaired) electrons. The van der Waals surface area contributed by atoms with Crippen molar-refractivity contribution in [1.29, 1.82) is 0 Å². The highest BCUT2D eigenvalue weighted by Crippen LogP contribution is 2.41. The molecule has 0 spiro atoms. The summed E-state index contributed by atoms with van der Waals surface area (Å²) in [5.41, 5.74) is 2.31. The maximum absolute atomic E-state index is 14.7. The first-order valence-electron chi connectivity index (χ1n) is 16.6. The average Bonchev–Trinajstić information content (AvgIpc) is 3.83. The molecule has 1 aliphatic rings. The fourth-order valence-corrected chi connectivity index (χ4v) is 7.53. The summed E-state index contributed by atoms with van der Waals surface area (Å²) in [6.45, 7) is 1.69. The number of carbonyl (C=O) groups is 4. The predicted octanol–water partition coefficient (Wildman–Crippen LogP) is 2.58. The standard InChI is InChI=1S/C36H37N7O7S/c1-20-39-31-24(27-18-37-19-38-27)16-21(17-25(31)33(46)40-20)32(35(48)41-22-8-4-2-5-9-22)43(23-10-6-3-7-11-23)29-14-13-28(51-29)34(47)42-26(36(49)50)12-15-30(44)45/h2,4-5,8-9,13-14,16-19,23,26,32H,3,6-7,10-12,15H2,1H3,(H,37,38)(H,41,48)(H,42,47)(H,44,45)(H,49,50)(H,39,40,46)/p-2/t26-,32-/m0/s1. The molecule has 15 heteroatoms. The van der Waals surface area contributed by atoms with Crippen molar-refractivity contribution >= 4 is 56.7 Å². The molecule has 1 fully saturated rings. The Morgan fingerprint density at radius 2 is 1.80 bits per heavy atom. The third-order valence-electron chi connectivity index (χ3n) is 8.89. The van der Waals surface area contributed by atoms with Gasteiger partial charge in [-0.1, -0.05) is 37.5 Å². The van der Waals surface area contributed by atoms with E-state index in [4.69, 9.17) is 0 Å². The van der Waals surface area contributed by atoms with Gasteiger partial charge in [-0.25, -0.2) is 9.97 Å². The molecule has 6 rings (SSSR count). The number of para-hydroxylation sites is 1. The van der Waals surface area contributed by atoms with Crippen molar-refractivity contribution in [3.05, 3.63) is 93.7 Å². The van der Waals surface area contributed by atoms with E-state index in [1.165, 1.54) is 12.4 Å². The maximum Gasteiger partial charge on any atom is 0.261 e. The van der Waals surface area contributed by atoms with Gasteiger partial charge in [-0.05, 0) is 74.6 Å². The fourth-order valence-electron chi connectivity index (χ4n) is 6.52. The summed E-state index contributed by atoms with van der Waals surface area (Å²) >= 11 is 1.07. The van der Waals surface area contributed by atoms with Gasteiger partial charge in [0.15, 0.2) is 0 Å². The van der Waals surface area contributed by atoms with Gasteiger partial charge in [-0.2, -0.15) is 0 Å². The number of hydrogen-bond acceptors (Lipinski definition) is 11. The first-order chi connectivity index (χ1) is 24.6. The van der Waals surface area contributed by atoms with Gasteiger partial charge in [0.2, 0.25) is 0 Å². The molecular formula is C36H35N7O7S-2. The van der Waals surface area contributed by atoms with E-state index in [1.54, 1.807) is 49.5 Å². The van der Waals surface area contributed by atoms with Gasteiger partial charge in [-0.15, -0.1) is 11.3 Å². The highest BCUT2D eigenvalue weighted by molar-refractivity contribution is 7.18. The highest BCUT2D eigenvalue weighted by Gasteiger charge is 2.36. The highest BCUT2D eigenvalue weighted by atomic mass is 32.1. The number of rotatable bonds is 13. The fraction of sp³-hybridized carbons (Fsp3) is 0.306. The lowest BCUT2D eigenvalue weighted by molar-refractivity contribution is -0.309. The number of aryl methyl sites for hydroxylation is 1. The van der Waals surface area contributed by atoms with E-state index >= 15 is 0 Å². The Balaban J connectivity index is 1.49. The predicted molar refractivity (Wildman–Crippen MR) is 187 cm³/mol. The van der Waals surface area contributed by atoms with Crippen molar-refractivity contribution in [3.63, 3.8) is 0 Å². The Bertz CT molecular complexity index is 2110. The molecule has 14 nitrogen and oxygen atoms in total. The van der Waals surface area contributed by atoms with Crippen LogP contribution in [0.4, 0.5) is 10.7 Å². The molecule has 3 heterocycles. The van der Waals surface area contributed by atoms with Gasteiger partial charge in [0.05, 0.1) is 51.0 Å². The summed E-state index contributed by atoms with van der Waals surface area (Å²) in [5, 5.41) is 28.9. The quantitative estimate of drug-likeness (QED) is 0.140. The second-order valence-electron chi connectivity index (χ2n) is 12.4. The summed E-state index contributed by atoms with van der Waals surface area (Å²) in [6.07, 6.45) is 6.53. The van der Waals surface area contributed by atoms with E-state index < -0.39 is 42.8 Å². The Labute approximate surface area is 296 Å². The minimum atomic E-state index is -1.62. The number of anilines is 2. The van der Waals surface area contributed by atoms with E-state index in [1.807, 2.05) is 17.0 Å². The molecule has 2 amide bonds. The number of aromatic amines is 2. The first kappa shape index (κ1) is 35.0. The van der Waals surface area contributed by atoms with Gasteiger partial charge in [0, 0.05) is 23.3 Å². The van der Waals surface area contributed by atoms with Crippen molar-refractivity contribution < 1.29 is 29.4 Å². The molecule has 5 aromatic rings. The van der Waals surface area contributed by atoms with Gasteiger partial charge >= 0.3 is 0 Å². The lowest BCUT2D eigenvalue weighted by Gasteiger charge is -2.40. The van der Waals surface area contributed by atoms with Gasteiger partial charge < -0.3 is 45.3 Å². The summed E-state index contributed by atoms with van der Waals surface area (Å²) < 4.78 is 0. The van der Waals surface area contributed by atoms with Crippen molar-refractivity contribution in [2.24, 2.45) is 0 Å². The van der Waals surface area contributed by atoms with Crippen LogP contribution >= 0.6 is 11.3 Å². The number of nitrogens with zero attached hydrogens (tertiary/aromatic N) is 3. The van der Waals surface area contributed by atoms with Crippen molar-refractivity contribution in [3.8, 4) is 11.3 Å². The molecule has 264 valence electrons. The van der Waals surface area contributed by atoms with Crippen molar-refractivity contribution in [1.82, 2.24) is 25.3 Å². The topological polar surface area (TPSA) is 216 Å². The van der Waals surface area contributed by atoms with Crippen LogP contribution in [0.15, 0.2) is 71.9 Å². The summed E-state index contributed by atoms with van der Waals surface area (Å²) in [4.78, 5) is 80.9. The molecule has 4 N–H and O–H groups in total. The molecule has 0 saturated heterocycles.